The van der Waals surface area contributed by atoms with Crippen molar-refractivity contribution >= 4 is 16.9 Å². The summed E-state index contributed by atoms with van der Waals surface area (Å²) in [5.41, 5.74) is 4.37. The fourth-order valence-electron chi connectivity index (χ4n) is 3.93. The average molecular weight is 408 g/mol. The van der Waals surface area contributed by atoms with Gasteiger partial charge in [0.25, 0.3) is 0 Å². The normalized spacial score (nSPS) is 11.2. The van der Waals surface area contributed by atoms with E-state index >= 15 is 0 Å². The number of benzene rings is 2. The smallest absolute Gasteiger partial charge is 0.223 e. The van der Waals surface area contributed by atoms with Crippen LogP contribution in [0.5, 0.6) is 5.75 Å². The zero-order chi connectivity index (χ0) is 21.5. The van der Waals surface area contributed by atoms with Crippen LogP contribution in [-0.4, -0.2) is 28.6 Å². The summed E-state index contributed by atoms with van der Waals surface area (Å²) in [7, 11) is 0. The fraction of sp³-hybridized carbons (Fsp3) is 0.440. The van der Waals surface area contributed by atoms with Crippen molar-refractivity contribution < 1.29 is 9.53 Å². The Bertz CT molecular complexity index is 969. The number of carbonyl (C=O) groups excluding carboxylic acids is 1. The Morgan fingerprint density at radius 3 is 2.47 bits per heavy atom. The van der Waals surface area contributed by atoms with Crippen molar-refractivity contribution in [1.29, 1.82) is 0 Å². The topological polar surface area (TPSA) is 56.2 Å². The van der Waals surface area contributed by atoms with Crippen LogP contribution in [0, 0.1) is 19.8 Å². The van der Waals surface area contributed by atoms with Crippen LogP contribution < -0.4 is 10.1 Å². The van der Waals surface area contributed by atoms with Gasteiger partial charge in [-0.3, -0.25) is 4.79 Å². The van der Waals surface area contributed by atoms with E-state index in [-0.39, 0.29) is 11.8 Å². The van der Waals surface area contributed by atoms with Gasteiger partial charge in [0.05, 0.1) is 17.6 Å². The second-order valence-corrected chi connectivity index (χ2v) is 7.79. The van der Waals surface area contributed by atoms with Gasteiger partial charge in [-0.2, -0.15) is 0 Å². The van der Waals surface area contributed by atoms with E-state index in [0.29, 0.717) is 26.1 Å². The zero-order valence-electron chi connectivity index (χ0n) is 18.6. The van der Waals surface area contributed by atoms with Crippen molar-refractivity contribution in [2.45, 2.75) is 53.5 Å². The number of nitrogens with one attached hydrogen (secondary N) is 1. The standard InChI is InChI=1S/C25H33N3O2/c1-5-20(6-2)25(29)26-15-14-23-27-21-12-7-8-13-22(21)28(23)16-17-30-24-18(3)10-9-11-19(24)4/h7-13,20H,5-6,14-17H2,1-4H3,(H,26,29). The zero-order valence-corrected chi connectivity index (χ0v) is 18.6. The molecule has 5 heteroatoms. The molecule has 3 rings (SSSR count). The minimum absolute atomic E-state index is 0.0922. The lowest BCUT2D eigenvalue weighted by atomic mass is 10.0. The summed E-state index contributed by atoms with van der Waals surface area (Å²) in [5, 5.41) is 3.08. The highest BCUT2D eigenvalue weighted by Gasteiger charge is 2.15. The van der Waals surface area contributed by atoms with Gasteiger partial charge in [0.2, 0.25) is 5.91 Å². The lowest BCUT2D eigenvalue weighted by Gasteiger charge is -2.15. The van der Waals surface area contributed by atoms with E-state index in [1.807, 2.05) is 18.2 Å². The third-order valence-electron chi connectivity index (χ3n) is 5.71. The first-order valence-corrected chi connectivity index (χ1v) is 11.0. The van der Waals surface area contributed by atoms with Crippen LogP contribution >= 0.6 is 0 Å². The minimum Gasteiger partial charge on any atom is -0.491 e. The van der Waals surface area contributed by atoms with Crippen molar-refractivity contribution in [3.05, 3.63) is 59.4 Å². The van der Waals surface area contributed by atoms with E-state index in [0.717, 1.165) is 46.6 Å². The quantitative estimate of drug-likeness (QED) is 0.524. The largest absolute Gasteiger partial charge is 0.491 e. The summed E-state index contributed by atoms with van der Waals surface area (Å²) in [6.45, 7) is 10.1. The van der Waals surface area contributed by atoms with Gasteiger partial charge in [-0.15, -0.1) is 0 Å². The molecular weight excluding hydrogens is 374 g/mol. The molecule has 0 aliphatic heterocycles. The number of carbonyl (C=O) groups is 1. The Kier molecular flexibility index (Phi) is 7.50. The van der Waals surface area contributed by atoms with E-state index in [2.05, 4.69) is 61.8 Å². The number of hydrogen-bond acceptors (Lipinski definition) is 3. The first kappa shape index (κ1) is 21.9. The SMILES string of the molecule is CCC(CC)C(=O)NCCc1nc2ccccc2n1CCOc1c(C)cccc1C. The van der Waals surface area contributed by atoms with Gasteiger partial charge in [0.1, 0.15) is 18.2 Å². The maximum absolute atomic E-state index is 12.3. The van der Waals surface area contributed by atoms with Gasteiger partial charge in [-0.1, -0.05) is 44.2 Å². The van der Waals surface area contributed by atoms with Crippen LogP contribution in [0.25, 0.3) is 11.0 Å². The highest BCUT2D eigenvalue weighted by molar-refractivity contribution is 5.78. The molecule has 0 unspecified atom stereocenters. The predicted molar refractivity (Wildman–Crippen MR) is 122 cm³/mol. The molecule has 3 aromatic rings. The summed E-state index contributed by atoms with van der Waals surface area (Å²) in [6.07, 6.45) is 2.44. The summed E-state index contributed by atoms with van der Waals surface area (Å²) in [5.74, 6) is 2.17. The summed E-state index contributed by atoms with van der Waals surface area (Å²) < 4.78 is 8.34. The Morgan fingerprint density at radius 1 is 1.07 bits per heavy atom. The molecule has 0 atom stereocenters. The van der Waals surface area contributed by atoms with Gasteiger partial charge < -0.3 is 14.6 Å². The number of nitrogens with zero attached hydrogens (tertiary/aromatic N) is 2. The summed E-state index contributed by atoms with van der Waals surface area (Å²) in [4.78, 5) is 17.1. The number of rotatable bonds is 10. The molecular formula is C25H33N3O2. The Hall–Kier alpha value is -2.82. The Labute approximate surface area is 179 Å². The van der Waals surface area contributed by atoms with E-state index in [1.165, 1.54) is 0 Å². The van der Waals surface area contributed by atoms with Crippen LogP contribution in [0.2, 0.25) is 0 Å². The number of aryl methyl sites for hydroxylation is 2. The molecule has 1 aromatic heterocycles. The Morgan fingerprint density at radius 2 is 1.77 bits per heavy atom. The molecule has 0 fully saturated rings. The fourth-order valence-corrected chi connectivity index (χ4v) is 3.93. The van der Waals surface area contributed by atoms with E-state index in [9.17, 15) is 4.79 Å². The molecule has 0 bridgehead atoms. The van der Waals surface area contributed by atoms with Crippen molar-refractivity contribution in [2.24, 2.45) is 5.92 Å². The van der Waals surface area contributed by atoms with E-state index in [4.69, 9.17) is 9.72 Å². The van der Waals surface area contributed by atoms with Crippen molar-refractivity contribution in [1.82, 2.24) is 14.9 Å². The van der Waals surface area contributed by atoms with E-state index in [1.54, 1.807) is 0 Å². The number of fused-ring (bicyclic) bond motifs is 1. The van der Waals surface area contributed by atoms with E-state index < -0.39 is 0 Å². The lowest BCUT2D eigenvalue weighted by molar-refractivity contribution is -0.125. The van der Waals surface area contributed by atoms with Crippen molar-refractivity contribution in [3.8, 4) is 5.75 Å². The maximum atomic E-state index is 12.3. The van der Waals surface area contributed by atoms with Gasteiger partial charge in [0.15, 0.2) is 0 Å². The molecule has 0 saturated carbocycles. The van der Waals surface area contributed by atoms with Crippen LogP contribution in [0.15, 0.2) is 42.5 Å². The van der Waals surface area contributed by atoms with Gasteiger partial charge >= 0.3 is 0 Å². The molecule has 5 nitrogen and oxygen atoms in total. The number of aromatic nitrogens is 2. The molecule has 1 heterocycles. The molecule has 0 aliphatic rings. The highest BCUT2D eigenvalue weighted by atomic mass is 16.5. The molecule has 30 heavy (non-hydrogen) atoms. The van der Waals surface area contributed by atoms with Crippen LogP contribution in [0.1, 0.15) is 43.6 Å². The molecule has 2 aromatic carbocycles. The van der Waals surface area contributed by atoms with Crippen molar-refractivity contribution in [3.63, 3.8) is 0 Å². The van der Waals surface area contributed by atoms with Gasteiger partial charge in [-0.25, -0.2) is 4.98 Å². The Balaban J connectivity index is 1.69. The first-order chi connectivity index (χ1) is 14.5. The third kappa shape index (κ3) is 5.02. The monoisotopic (exact) mass is 407 g/mol. The lowest BCUT2D eigenvalue weighted by Crippen LogP contribution is -2.32. The molecule has 1 amide bonds. The van der Waals surface area contributed by atoms with Gasteiger partial charge in [-0.05, 0) is 49.9 Å². The first-order valence-electron chi connectivity index (χ1n) is 11.0. The molecule has 0 spiro atoms. The molecule has 0 aliphatic carbocycles. The molecule has 160 valence electrons. The second kappa shape index (κ2) is 10.3. The van der Waals surface area contributed by atoms with Crippen molar-refractivity contribution in [2.75, 3.05) is 13.2 Å². The summed E-state index contributed by atoms with van der Waals surface area (Å²) >= 11 is 0. The number of para-hydroxylation sites is 3. The minimum atomic E-state index is 0.0922. The van der Waals surface area contributed by atoms with Crippen LogP contribution in [0.3, 0.4) is 0 Å². The number of imidazole rings is 1. The van der Waals surface area contributed by atoms with Crippen LogP contribution in [-0.2, 0) is 17.8 Å². The maximum Gasteiger partial charge on any atom is 0.223 e. The molecule has 0 saturated heterocycles. The number of amides is 1. The number of ether oxygens (including phenoxy) is 1. The molecule has 1 N–H and O–H groups in total. The van der Waals surface area contributed by atoms with Gasteiger partial charge in [0, 0.05) is 18.9 Å². The highest BCUT2D eigenvalue weighted by Crippen LogP contribution is 2.23. The summed E-state index contributed by atoms with van der Waals surface area (Å²) in [6, 6.07) is 14.4. The molecule has 0 radical (unpaired) electrons. The third-order valence-corrected chi connectivity index (χ3v) is 5.71. The second-order valence-electron chi connectivity index (χ2n) is 7.79. The number of hydrogen-bond donors (Lipinski definition) is 1. The predicted octanol–water partition coefficient (Wildman–Crippen LogP) is 4.83. The average Bonchev–Trinajstić information content (AvgIpc) is 3.08. The van der Waals surface area contributed by atoms with Crippen LogP contribution in [0.4, 0.5) is 0 Å².